The molecule has 10 nitrogen and oxygen atoms in total. The molecule has 4 amide bonds. The van der Waals surface area contributed by atoms with Gasteiger partial charge >= 0.3 is 12.1 Å². The van der Waals surface area contributed by atoms with Crippen LogP contribution in [0.2, 0.25) is 0 Å². The number of aryl methyl sites for hydroxylation is 2. The van der Waals surface area contributed by atoms with Gasteiger partial charge in [0.15, 0.2) is 0 Å². The highest BCUT2D eigenvalue weighted by Crippen LogP contribution is 2.10. The first kappa shape index (κ1) is 23.2. The second-order valence-electron chi connectivity index (χ2n) is 6.35. The van der Waals surface area contributed by atoms with Gasteiger partial charge in [0.1, 0.15) is 0 Å². The molecule has 0 aliphatic rings. The van der Waals surface area contributed by atoms with E-state index in [0.717, 1.165) is 11.1 Å². The maximum atomic E-state index is 12.1. The molecule has 2 aromatic rings. The molecule has 0 bridgehead atoms. The second-order valence-corrected chi connectivity index (χ2v) is 9.71. The summed E-state index contributed by atoms with van der Waals surface area (Å²) < 4.78 is 52.0. The number of benzene rings is 2. The Hall–Kier alpha value is -3.12. The minimum atomic E-state index is -4.03. The lowest BCUT2D eigenvalue weighted by Crippen LogP contribution is -2.45. The van der Waals surface area contributed by atoms with E-state index < -0.39 is 32.1 Å². The van der Waals surface area contributed by atoms with E-state index in [1.54, 1.807) is 38.1 Å². The van der Waals surface area contributed by atoms with Crippen LogP contribution in [-0.2, 0) is 20.0 Å². The number of sulfonamides is 2. The van der Waals surface area contributed by atoms with E-state index in [-0.39, 0.29) is 22.9 Å². The number of rotatable bonds is 7. The third-order valence-corrected chi connectivity index (χ3v) is 6.51. The Bertz CT molecular complexity index is 1020. The van der Waals surface area contributed by atoms with Gasteiger partial charge in [0, 0.05) is 13.1 Å². The highest BCUT2D eigenvalue weighted by Gasteiger charge is 2.18. The number of amides is 4. The van der Waals surface area contributed by atoms with Gasteiger partial charge in [0.25, 0.3) is 20.0 Å². The number of hydrogen-bond donors (Lipinski definition) is 4. The molecular formula is C18H22N4O6S2. The van der Waals surface area contributed by atoms with E-state index >= 15 is 0 Å². The Morgan fingerprint density at radius 1 is 0.633 bits per heavy atom. The predicted octanol–water partition coefficient (Wildman–Crippen LogP) is 0.979. The van der Waals surface area contributed by atoms with Crippen LogP contribution in [-0.4, -0.2) is 42.0 Å². The van der Waals surface area contributed by atoms with E-state index in [2.05, 4.69) is 10.6 Å². The zero-order valence-electron chi connectivity index (χ0n) is 16.3. The topological polar surface area (TPSA) is 151 Å². The third-order valence-electron chi connectivity index (χ3n) is 3.81. The zero-order chi connectivity index (χ0) is 22.4. The van der Waals surface area contributed by atoms with Gasteiger partial charge in [-0.3, -0.25) is 0 Å². The first-order valence-electron chi connectivity index (χ1n) is 8.74. The van der Waals surface area contributed by atoms with Crippen LogP contribution in [0.3, 0.4) is 0 Å². The van der Waals surface area contributed by atoms with Crippen molar-refractivity contribution in [3.8, 4) is 0 Å². The quantitative estimate of drug-likeness (QED) is 0.458. The van der Waals surface area contributed by atoms with Gasteiger partial charge < -0.3 is 10.6 Å². The lowest BCUT2D eigenvalue weighted by Gasteiger charge is -2.11. The predicted molar refractivity (Wildman–Crippen MR) is 110 cm³/mol. The Morgan fingerprint density at radius 2 is 0.933 bits per heavy atom. The minimum Gasteiger partial charge on any atom is -0.336 e. The molecule has 0 radical (unpaired) electrons. The van der Waals surface area contributed by atoms with Crippen molar-refractivity contribution in [1.29, 1.82) is 0 Å². The van der Waals surface area contributed by atoms with Crippen molar-refractivity contribution in [3.63, 3.8) is 0 Å². The minimum absolute atomic E-state index is 0.0675. The number of carbonyl (C=O) groups is 2. The number of nitrogens with one attached hydrogen (secondary N) is 4. The summed E-state index contributed by atoms with van der Waals surface area (Å²) in [7, 11) is -8.06. The fraction of sp³-hybridized carbons (Fsp3) is 0.222. The molecule has 2 aromatic carbocycles. The molecule has 0 fully saturated rings. The Kier molecular flexibility index (Phi) is 7.40. The van der Waals surface area contributed by atoms with E-state index in [4.69, 9.17) is 0 Å². The molecule has 2 rings (SSSR count). The molecule has 0 atom stereocenters. The van der Waals surface area contributed by atoms with Crippen molar-refractivity contribution in [1.82, 2.24) is 20.1 Å². The van der Waals surface area contributed by atoms with Gasteiger partial charge in [-0.1, -0.05) is 35.4 Å². The van der Waals surface area contributed by atoms with Gasteiger partial charge in [0.2, 0.25) is 0 Å². The fourth-order valence-electron chi connectivity index (χ4n) is 2.22. The Morgan fingerprint density at radius 3 is 1.23 bits per heavy atom. The summed E-state index contributed by atoms with van der Waals surface area (Å²) >= 11 is 0. The van der Waals surface area contributed by atoms with Crippen molar-refractivity contribution in [2.24, 2.45) is 0 Å². The van der Waals surface area contributed by atoms with Gasteiger partial charge in [-0.15, -0.1) is 0 Å². The molecule has 162 valence electrons. The van der Waals surface area contributed by atoms with Gasteiger partial charge in [-0.25, -0.2) is 35.9 Å². The largest absolute Gasteiger partial charge is 0.336 e. The average molecular weight is 455 g/mol. The summed E-state index contributed by atoms with van der Waals surface area (Å²) in [6.45, 7) is 3.33. The van der Waals surface area contributed by atoms with Crippen molar-refractivity contribution in [2.45, 2.75) is 23.6 Å². The highest BCUT2D eigenvalue weighted by atomic mass is 32.2. The van der Waals surface area contributed by atoms with Crippen molar-refractivity contribution >= 4 is 32.1 Å². The summed E-state index contributed by atoms with van der Waals surface area (Å²) in [6.07, 6.45) is 0. The van der Waals surface area contributed by atoms with Gasteiger partial charge in [-0.05, 0) is 38.1 Å². The molecule has 0 saturated carbocycles. The number of hydrogen-bond acceptors (Lipinski definition) is 6. The normalized spacial score (nSPS) is 11.4. The Balaban J connectivity index is 1.77. The van der Waals surface area contributed by atoms with Crippen molar-refractivity contribution in [2.75, 3.05) is 13.1 Å². The second kappa shape index (κ2) is 9.59. The molecule has 0 heterocycles. The fourth-order valence-corrected chi connectivity index (χ4v) is 4.08. The van der Waals surface area contributed by atoms with Crippen LogP contribution in [0.25, 0.3) is 0 Å². The SMILES string of the molecule is Cc1ccc(S(=O)(=O)NC(=O)NCCNC(=O)NS(=O)(=O)c2ccc(C)cc2)cc1. The maximum Gasteiger partial charge on any atom is 0.328 e. The molecule has 0 saturated heterocycles. The molecule has 0 unspecified atom stereocenters. The molecule has 0 aromatic heterocycles. The summed E-state index contributed by atoms with van der Waals surface area (Å²) in [5.41, 5.74) is 1.74. The summed E-state index contributed by atoms with van der Waals surface area (Å²) in [5, 5.41) is 4.51. The lowest BCUT2D eigenvalue weighted by molar-refractivity contribution is 0.241. The molecule has 0 aliphatic heterocycles. The third kappa shape index (κ3) is 6.74. The standard InChI is InChI=1S/C18H22N4O6S2/c1-13-3-7-15(8-4-13)29(25,26)21-17(23)19-11-12-20-18(24)22-30(27,28)16-9-5-14(2)6-10-16/h3-10H,11-12H2,1-2H3,(H2,19,21,23)(H2,20,22,24). The molecule has 4 N–H and O–H groups in total. The Labute approximate surface area is 175 Å². The van der Waals surface area contributed by atoms with Crippen LogP contribution in [0.15, 0.2) is 58.3 Å². The average Bonchev–Trinajstić information content (AvgIpc) is 2.65. The number of urea groups is 2. The molecule has 30 heavy (non-hydrogen) atoms. The van der Waals surface area contributed by atoms with E-state index in [1.165, 1.54) is 24.3 Å². The highest BCUT2D eigenvalue weighted by molar-refractivity contribution is 7.90. The van der Waals surface area contributed by atoms with Gasteiger partial charge in [-0.2, -0.15) is 0 Å². The molecule has 0 spiro atoms. The van der Waals surface area contributed by atoms with Crippen LogP contribution < -0.4 is 20.1 Å². The van der Waals surface area contributed by atoms with Crippen LogP contribution >= 0.6 is 0 Å². The smallest absolute Gasteiger partial charge is 0.328 e. The molecule has 12 heteroatoms. The molecular weight excluding hydrogens is 432 g/mol. The van der Waals surface area contributed by atoms with Crippen LogP contribution in [0.5, 0.6) is 0 Å². The maximum absolute atomic E-state index is 12.1. The van der Waals surface area contributed by atoms with Crippen LogP contribution in [0.1, 0.15) is 11.1 Å². The summed E-state index contributed by atoms with van der Waals surface area (Å²) in [4.78, 5) is 23.4. The first-order valence-corrected chi connectivity index (χ1v) is 11.7. The van der Waals surface area contributed by atoms with Gasteiger partial charge in [0.05, 0.1) is 9.79 Å². The van der Waals surface area contributed by atoms with Crippen molar-refractivity contribution < 1.29 is 26.4 Å². The van der Waals surface area contributed by atoms with Crippen molar-refractivity contribution in [3.05, 3.63) is 59.7 Å². The van der Waals surface area contributed by atoms with E-state index in [0.29, 0.717) is 0 Å². The van der Waals surface area contributed by atoms with Crippen LogP contribution in [0.4, 0.5) is 9.59 Å². The lowest BCUT2D eigenvalue weighted by atomic mass is 10.2. The monoisotopic (exact) mass is 454 g/mol. The zero-order valence-corrected chi connectivity index (χ0v) is 17.9. The van der Waals surface area contributed by atoms with E-state index in [9.17, 15) is 26.4 Å². The summed E-state index contributed by atoms with van der Waals surface area (Å²) in [6, 6.07) is 9.89. The first-order chi connectivity index (χ1) is 14.0. The van der Waals surface area contributed by atoms with Crippen LogP contribution in [0, 0.1) is 13.8 Å². The van der Waals surface area contributed by atoms with E-state index in [1.807, 2.05) is 9.44 Å². The summed E-state index contributed by atoms with van der Waals surface area (Å²) in [5.74, 6) is 0. The molecule has 0 aliphatic carbocycles. The number of carbonyl (C=O) groups excluding carboxylic acids is 2.